The Labute approximate surface area is 103 Å². The summed E-state index contributed by atoms with van der Waals surface area (Å²) in [7, 11) is 1.44. The maximum atomic E-state index is 12.0. The largest absolute Gasteiger partial charge is 0.490 e. The molecule has 0 spiro atoms. The van der Waals surface area contributed by atoms with Crippen LogP contribution in [0.3, 0.4) is 0 Å². The number of ether oxygens (including phenoxy) is 1. The summed E-state index contributed by atoms with van der Waals surface area (Å²) in [4.78, 5) is 24.1. The molecule has 1 aromatic rings. The highest BCUT2D eigenvalue weighted by Crippen LogP contribution is 2.27. The fraction of sp³-hybridized carbons (Fsp3) is 0.273. The molecule has 1 N–H and O–H groups in total. The second kappa shape index (κ2) is 4.25. The molecule has 0 bridgehead atoms. The zero-order chi connectivity index (χ0) is 12.6. The van der Waals surface area contributed by atoms with Crippen LogP contribution in [-0.2, 0) is 4.79 Å². The zero-order valence-electron chi connectivity index (χ0n) is 9.01. The third-order valence-corrected chi connectivity index (χ3v) is 2.88. The minimum Gasteiger partial charge on any atom is -0.490 e. The van der Waals surface area contributed by atoms with Gasteiger partial charge in [0.15, 0.2) is 6.04 Å². The van der Waals surface area contributed by atoms with E-state index in [9.17, 15) is 9.59 Å². The smallest absolute Gasteiger partial charge is 0.330 e. The van der Waals surface area contributed by atoms with E-state index in [0.717, 1.165) is 4.90 Å². The summed E-state index contributed by atoms with van der Waals surface area (Å²) in [5.41, 5.74) is 0.320. The average molecular weight is 256 g/mol. The predicted octanol–water partition coefficient (Wildman–Crippen LogP) is 1.26. The van der Waals surface area contributed by atoms with E-state index in [1.807, 2.05) is 0 Å². The molecule has 17 heavy (non-hydrogen) atoms. The van der Waals surface area contributed by atoms with Crippen molar-refractivity contribution in [3.63, 3.8) is 0 Å². The van der Waals surface area contributed by atoms with Crippen LogP contribution in [0.1, 0.15) is 10.4 Å². The maximum absolute atomic E-state index is 12.0. The number of rotatable bonds is 1. The van der Waals surface area contributed by atoms with Crippen LogP contribution in [0.2, 0.25) is 5.02 Å². The van der Waals surface area contributed by atoms with Crippen LogP contribution in [-0.4, -0.2) is 41.6 Å². The molecule has 0 saturated carbocycles. The van der Waals surface area contributed by atoms with Gasteiger partial charge < -0.3 is 14.7 Å². The van der Waals surface area contributed by atoms with Gasteiger partial charge in [0.25, 0.3) is 5.91 Å². The van der Waals surface area contributed by atoms with Crippen molar-refractivity contribution in [2.24, 2.45) is 0 Å². The lowest BCUT2D eigenvalue weighted by Crippen LogP contribution is -2.44. The van der Waals surface area contributed by atoms with E-state index in [-0.39, 0.29) is 12.5 Å². The lowest BCUT2D eigenvalue weighted by atomic mass is 10.1. The van der Waals surface area contributed by atoms with E-state index in [1.165, 1.54) is 19.2 Å². The number of nitrogens with zero attached hydrogens (tertiary/aromatic N) is 1. The number of benzene rings is 1. The molecular weight excluding hydrogens is 246 g/mol. The number of carboxylic acid groups (broad SMARTS) is 1. The van der Waals surface area contributed by atoms with Gasteiger partial charge in [-0.05, 0) is 18.2 Å². The van der Waals surface area contributed by atoms with Gasteiger partial charge in [-0.25, -0.2) is 4.79 Å². The third kappa shape index (κ3) is 2.06. The van der Waals surface area contributed by atoms with Crippen LogP contribution in [0.4, 0.5) is 0 Å². The monoisotopic (exact) mass is 255 g/mol. The van der Waals surface area contributed by atoms with Crippen LogP contribution < -0.4 is 4.74 Å². The molecule has 0 saturated heterocycles. The van der Waals surface area contributed by atoms with Gasteiger partial charge in [-0.3, -0.25) is 4.79 Å². The fourth-order valence-electron chi connectivity index (χ4n) is 1.64. The normalized spacial score (nSPS) is 19.3. The zero-order valence-corrected chi connectivity index (χ0v) is 9.77. The van der Waals surface area contributed by atoms with Crippen molar-refractivity contribution in [1.82, 2.24) is 4.90 Å². The minimum absolute atomic E-state index is 0.0923. The van der Waals surface area contributed by atoms with Crippen molar-refractivity contribution in [2.45, 2.75) is 6.04 Å². The molecule has 0 fully saturated rings. The van der Waals surface area contributed by atoms with Crippen LogP contribution in [0.15, 0.2) is 18.2 Å². The van der Waals surface area contributed by atoms with Gasteiger partial charge in [0.1, 0.15) is 12.4 Å². The number of hydrogen-bond donors (Lipinski definition) is 1. The molecule has 0 aromatic heterocycles. The van der Waals surface area contributed by atoms with E-state index < -0.39 is 12.0 Å². The van der Waals surface area contributed by atoms with Gasteiger partial charge in [0.2, 0.25) is 0 Å². The maximum Gasteiger partial charge on any atom is 0.330 e. The van der Waals surface area contributed by atoms with Crippen molar-refractivity contribution in [3.05, 3.63) is 28.8 Å². The Morgan fingerprint density at radius 3 is 2.94 bits per heavy atom. The molecule has 0 radical (unpaired) electrons. The molecule has 6 heteroatoms. The van der Waals surface area contributed by atoms with Gasteiger partial charge in [0, 0.05) is 12.1 Å². The van der Waals surface area contributed by atoms with Gasteiger partial charge >= 0.3 is 5.97 Å². The Bertz CT molecular complexity index is 488. The van der Waals surface area contributed by atoms with E-state index in [2.05, 4.69) is 0 Å². The number of hydrogen-bond acceptors (Lipinski definition) is 3. The van der Waals surface area contributed by atoms with Gasteiger partial charge in [-0.15, -0.1) is 0 Å². The summed E-state index contributed by atoms with van der Waals surface area (Å²) in [5.74, 6) is -1.17. The molecule has 1 amide bonds. The first-order valence-electron chi connectivity index (χ1n) is 4.93. The molecule has 2 rings (SSSR count). The standard InChI is InChI=1S/C11H10ClNO4/c1-13-8(11(15)16)5-17-9-4-6(12)2-3-7(9)10(13)14/h2-4,8H,5H2,1H3,(H,15,16). The van der Waals surface area contributed by atoms with Gasteiger partial charge in [-0.1, -0.05) is 11.6 Å². The van der Waals surface area contributed by atoms with Crippen LogP contribution in [0.5, 0.6) is 5.75 Å². The first-order valence-corrected chi connectivity index (χ1v) is 5.31. The lowest BCUT2D eigenvalue weighted by Gasteiger charge is -2.20. The van der Waals surface area contributed by atoms with Crippen molar-refractivity contribution >= 4 is 23.5 Å². The number of halogens is 1. The fourth-order valence-corrected chi connectivity index (χ4v) is 1.80. The van der Waals surface area contributed by atoms with E-state index in [1.54, 1.807) is 6.07 Å². The summed E-state index contributed by atoms with van der Waals surface area (Å²) < 4.78 is 5.32. The summed E-state index contributed by atoms with van der Waals surface area (Å²) in [6.07, 6.45) is 0. The molecule has 1 heterocycles. The van der Waals surface area contributed by atoms with E-state index in [0.29, 0.717) is 16.3 Å². The number of carbonyl (C=O) groups excluding carboxylic acids is 1. The van der Waals surface area contributed by atoms with Crippen LogP contribution >= 0.6 is 11.6 Å². The quantitative estimate of drug-likeness (QED) is 0.820. The second-order valence-corrected chi connectivity index (χ2v) is 4.16. The van der Waals surface area contributed by atoms with Crippen molar-refractivity contribution in [2.75, 3.05) is 13.7 Å². The first kappa shape index (κ1) is 11.7. The van der Waals surface area contributed by atoms with Crippen molar-refractivity contribution in [1.29, 1.82) is 0 Å². The molecule has 1 aliphatic rings. The summed E-state index contributed by atoms with van der Waals surface area (Å²) >= 11 is 5.79. The minimum atomic E-state index is -1.10. The van der Waals surface area contributed by atoms with Crippen LogP contribution in [0.25, 0.3) is 0 Å². The average Bonchev–Trinajstić information content (AvgIpc) is 2.38. The topological polar surface area (TPSA) is 66.8 Å². The highest BCUT2D eigenvalue weighted by atomic mass is 35.5. The first-order chi connectivity index (χ1) is 8.00. The number of amides is 1. The molecule has 1 unspecified atom stereocenters. The number of fused-ring (bicyclic) bond motifs is 1. The molecule has 1 aliphatic heterocycles. The molecule has 1 atom stereocenters. The molecule has 5 nitrogen and oxygen atoms in total. The van der Waals surface area contributed by atoms with E-state index >= 15 is 0 Å². The van der Waals surface area contributed by atoms with E-state index in [4.69, 9.17) is 21.4 Å². The molecular formula is C11H10ClNO4. The molecule has 0 aliphatic carbocycles. The number of likely N-dealkylation sites (N-methyl/N-ethyl adjacent to an activating group) is 1. The lowest BCUT2D eigenvalue weighted by molar-refractivity contribution is -0.142. The number of carboxylic acids is 1. The number of carbonyl (C=O) groups is 2. The molecule has 90 valence electrons. The predicted molar refractivity (Wildman–Crippen MR) is 60.5 cm³/mol. The Kier molecular flexibility index (Phi) is 2.93. The van der Waals surface area contributed by atoms with Gasteiger partial charge in [-0.2, -0.15) is 0 Å². The van der Waals surface area contributed by atoms with Crippen molar-refractivity contribution in [3.8, 4) is 5.75 Å². The second-order valence-electron chi connectivity index (χ2n) is 3.72. The Balaban J connectivity index is 2.44. The SMILES string of the molecule is CN1C(=O)c2ccc(Cl)cc2OCC1C(=O)O. The summed E-state index contributed by atoms with van der Waals surface area (Å²) in [5, 5.41) is 9.42. The molecule has 1 aromatic carbocycles. The Hall–Kier alpha value is -1.75. The van der Waals surface area contributed by atoms with Crippen molar-refractivity contribution < 1.29 is 19.4 Å². The summed E-state index contributed by atoms with van der Waals surface area (Å²) in [6.45, 7) is -0.0923. The highest BCUT2D eigenvalue weighted by molar-refractivity contribution is 6.30. The number of aliphatic carboxylic acids is 1. The summed E-state index contributed by atoms with van der Waals surface area (Å²) in [6, 6.07) is 3.61. The van der Waals surface area contributed by atoms with Gasteiger partial charge in [0.05, 0.1) is 5.56 Å². The van der Waals surface area contributed by atoms with Crippen LogP contribution in [0, 0.1) is 0 Å². The third-order valence-electron chi connectivity index (χ3n) is 2.64. The Morgan fingerprint density at radius 2 is 2.29 bits per heavy atom. The Morgan fingerprint density at radius 1 is 1.59 bits per heavy atom. The highest BCUT2D eigenvalue weighted by Gasteiger charge is 2.32.